The SMILES string of the molecule is O=C(/C=C/c1ccc(-c2cc(Cl)cc(Cl)c2)o1)NC(=S)Nc1cccc(-c2cc3ccccc3oc2=O)c1. The zero-order valence-corrected chi connectivity index (χ0v) is 21.9. The van der Waals surface area contributed by atoms with Crippen LogP contribution in [0.4, 0.5) is 5.69 Å². The smallest absolute Gasteiger partial charge is 0.344 e. The Balaban J connectivity index is 1.23. The van der Waals surface area contributed by atoms with Gasteiger partial charge in [-0.05, 0) is 78.5 Å². The highest BCUT2D eigenvalue weighted by Gasteiger charge is 2.10. The summed E-state index contributed by atoms with van der Waals surface area (Å²) in [6.07, 6.45) is 2.82. The second-order valence-corrected chi connectivity index (χ2v) is 9.48. The highest BCUT2D eigenvalue weighted by Crippen LogP contribution is 2.29. The first-order valence-corrected chi connectivity index (χ1v) is 12.5. The number of hydrogen-bond donors (Lipinski definition) is 2. The van der Waals surface area contributed by atoms with Gasteiger partial charge in [-0.1, -0.05) is 53.5 Å². The number of rotatable bonds is 5. The van der Waals surface area contributed by atoms with E-state index in [9.17, 15) is 9.59 Å². The maximum absolute atomic E-state index is 12.5. The molecule has 188 valence electrons. The van der Waals surface area contributed by atoms with E-state index >= 15 is 0 Å². The lowest BCUT2D eigenvalue weighted by Gasteiger charge is -2.10. The fraction of sp³-hybridized carbons (Fsp3) is 0. The molecule has 5 aromatic rings. The number of amides is 1. The van der Waals surface area contributed by atoms with Crippen LogP contribution >= 0.6 is 35.4 Å². The van der Waals surface area contributed by atoms with Crippen LogP contribution in [0.2, 0.25) is 10.0 Å². The van der Waals surface area contributed by atoms with E-state index in [1.54, 1.807) is 66.7 Å². The van der Waals surface area contributed by atoms with Crippen molar-refractivity contribution in [2.45, 2.75) is 0 Å². The molecule has 0 aliphatic heterocycles. The summed E-state index contributed by atoms with van der Waals surface area (Å²) in [6, 6.07) is 24.8. The number of thiocarbonyl (C=S) groups is 1. The number of furan rings is 1. The molecule has 0 fully saturated rings. The molecule has 1 amide bonds. The quantitative estimate of drug-likeness (QED) is 0.131. The van der Waals surface area contributed by atoms with Crippen LogP contribution in [0.1, 0.15) is 5.76 Å². The summed E-state index contributed by atoms with van der Waals surface area (Å²) in [4.78, 5) is 24.9. The third-order valence-electron chi connectivity index (χ3n) is 5.48. The normalized spacial score (nSPS) is 11.1. The number of benzene rings is 3. The Labute approximate surface area is 232 Å². The summed E-state index contributed by atoms with van der Waals surface area (Å²) in [5.41, 5.74) is 2.47. The number of para-hydroxylation sites is 1. The number of carbonyl (C=O) groups is 1. The lowest BCUT2D eigenvalue weighted by Crippen LogP contribution is -2.32. The van der Waals surface area contributed by atoms with Crippen LogP contribution in [0.25, 0.3) is 39.5 Å². The van der Waals surface area contributed by atoms with Gasteiger partial charge in [-0.3, -0.25) is 10.1 Å². The molecule has 0 bridgehead atoms. The molecule has 2 N–H and O–H groups in total. The van der Waals surface area contributed by atoms with Crippen LogP contribution in [0, 0.1) is 0 Å². The highest BCUT2D eigenvalue weighted by molar-refractivity contribution is 7.80. The lowest BCUT2D eigenvalue weighted by molar-refractivity contribution is -0.115. The van der Waals surface area contributed by atoms with E-state index in [-0.39, 0.29) is 5.11 Å². The lowest BCUT2D eigenvalue weighted by atomic mass is 10.1. The van der Waals surface area contributed by atoms with E-state index in [0.717, 1.165) is 10.9 Å². The van der Waals surface area contributed by atoms with Gasteiger partial charge in [-0.2, -0.15) is 0 Å². The van der Waals surface area contributed by atoms with E-state index in [1.807, 2.05) is 18.2 Å². The van der Waals surface area contributed by atoms with Gasteiger partial charge in [-0.25, -0.2) is 4.79 Å². The number of anilines is 1. The minimum Gasteiger partial charge on any atom is -0.457 e. The fourth-order valence-electron chi connectivity index (χ4n) is 3.80. The number of carbonyl (C=O) groups excluding carboxylic acids is 1. The summed E-state index contributed by atoms with van der Waals surface area (Å²) >= 11 is 17.4. The van der Waals surface area contributed by atoms with Crippen LogP contribution in [0.5, 0.6) is 0 Å². The molecule has 0 radical (unpaired) electrons. The fourth-order valence-corrected chi connectivity index (χ4v) is 4.54. The first-order chi connectivity index (χ1) is 18.3. The van der Waals surface area contributed by atoms with E-state index in [2.05, 4.69) is 10.6 Å². The van der Waals surface area contributed by atoms with Crippen molar-refractivity contribution in [3.8, 4) is 22.5 Å². The van der Waals surface area contributed by atoms with Crippen LogP contribution in [-0.4, -0.2) is 11.0 Å². The molecule has 0 unspecified atom stereocenters. The van der Waals surface area contributed by atoms with E-state index in [0.29, 0.717) is 44.0 Å². The Morgan fingerprint density at radius 3 is 2.45 bits per heavy atom. The van der Waals surface area contributed by atoms with Gasteiger partial charge in [-0.15, -0.1) is 0 Å². The predicted molar refractivity (Wildman–Crippen MR) is 155 cm³/mol. The van der Waals surface area contributed by atoms with E-state index in [4.69, 9.17) is 44.3 Å². The van der Waals surface area contributed by atoms with Crippen LogP contribution in [0.3, 0.4) is 0 Å². The summed E-state index contributed by atoms with van der Waals surface area (Å²) < 4.78 is 11.2. The molecule has 0 aliphatic carbocycles. The first kappa shape index (κ1) is 25.5. The molecule has 0 atom stereocenters. The Morgan fingerprint density at radius 2 is 1.63 bits per heavy atom. The minimum atomic E-state index is -0.447. The molecule has 2 aromatic heterocycles. The van der Waals surface area contributed by atoms with E-state index in [1.165, 1.54) is 12.2 Å². The van der Waals surface area contributed by atoms with Gasteiger partial charge in [0.1, 0.15) is 17.1 Å². The minimum absolute atomic E-state index is 0.0936. The average molecular weight is 561 g/mol. The Morgan fingerprint density at radius 1 is 0.842 bits per heavy atom. The van der Waals surface area contributed by atoms with Crippen molar-refractivity contribution in [3.63, 3.8) is 0 Å². The van der Waals surface area contributed by atoms with E-state index < -0.39 is 11.5 Å². The molecule has 0 aliphatic rings. The van der Waals surface area contributed by atoms with Crippen LogP contribution < -0.4 is 16.3 Å². The van der Waals surface area contributed by atoms with Crippen molar-refractivity contribution in [2.75, 3.05) is 5.32 Å². The molecule has 38 heavy (non-hydrogen) atoms. The van der Waals surface area contributed by atoms with Crippen molar-refractivity contribution in [2.24, 2.45) is 0 Å². The van der Waals surface area contributed by atoms with Crippen LogP contribution in [-0.2, 0) is 4.79 Å². The first-order valence-electron chi connectivity index (χ1n) is 11.3. The monoisotopic (exact) mass is 560 g/mol. The molecule has 0 saturated carbocycles. The highest BCUT2D eigenvalue weighted by atomic mass is 35.5. The molecular weight excluding hydrogens is 543 g/mol. The molecular formula is C29H18Cl2N2O4S. The van der Waals surface area contributed by atoms with Crippen molar-refractivity contribution < 1.29 is 13.6 Å². The van der Waals surface area contributed by atoms with Gasteiger partial charge in [0.05, 0.1) is 5.56 Å². The molecule has 9 heteroatoms. The summed E-state index contributed by atoms with van der Waals surface area (Å²) in [6.45, 7) is 0. The second kappa shape index (κ2) is 11.1. The molecule has 2 heterocycles. The van der Waals surface area contributed by atoms with Crippen LogP contribution in [0.15, 0.2) is 105 Å². The number of fused-ring (bicyclic) bond motifs is 1. The van der Waals surface area contributed by atoms with Gasteiger partial charge in [0.2, 0.25) is 5.91 Å². The topological polar surface area (TPSA) is 84.5 Å². The Bertz CT molecular complexity index is 1750. The van der Waals surface area contributed by atoms with Crippen molar-refractivity contribution >= 4 is 69.2 Å². The molecule has 3 aromatic carbocycles. The predicted octanol–water partition coefficient (Wildman–Crippen LogP) is 7.55. The van der Waals surface area contributed by atoms with Gasteiger partial charge in [0.15, 0.2) is 5.11 Å². The van der Waals surface area contributed by atoms with Gasteiger partial charge >= 0.3 is 5.63 Å². The zero-order valence-electron chi connectivity index (χ0n) is 19.5. The van der Waals surface area contributed by atoms with Crippen molar-refractivity contribution in [3.05, 3.63) is 117 Å². The molecule has 6 nitrogen and oxygen atoms in total. The largest absolute Gasteiger partial charge is 0.457 e. The standard InChI is InChI=1S/C29H18Cl2N2O4S/c30-20-12-19(13-21(31)16-20)26-10-8-23(36-26)9-11-27(34)33-29(38)32-22-6-3-5-17(14-22)24-15-18-4-1-2-7-25(18)37-28(24)35/h1-16H,(H2,32,33,34,38)/b11-9+. The Hall–Kier alpha value is -4.17. The number of hydrogen-bond acceptors (Lipinski definition) is 5. The number of halogens is 2. The Kier molecular flexibility index (Phi) is 7.42. The third-order valence-corrected chi connectivity index (χ3v) is 6.12. The van der Waals surface area contributed by atoms with Gasteiger partial charge in [0, 0.05) is 32.8 Å². The van der Waals surface area contributed by atoms with Crippen molar-refractivity contribution in [1.29, 1.82) is 0 Å². The maximum atomic E-state index is 12.5. The third kappa shape index (κ3) is 6.03. The van der Waals surface area contributed by atoms with Gasteiger partial charge < -0.3 is 14.2 Å². The van der Waals surface area contributed by atoms with Crippen molar-refractivity contribution in [1.82, 2.24) is 5.32 Å². The average Bonchev–Trinajstić information content (AvgIpc) is 3.36. The molecule has 0 spiro atoms. The molecule has 5 rings (SSSR count). The zero-order chi connectivity index (χ0) is 26.6. The maximum Gasteiger partial charge on any atom is 0.344 e. The number of nitrogens with one attached hydrogen (secondary N) is 2. The molecule has 0 saturated heterocycles. The summed E-state index contributed by atoms with van der Waals surface area (Å²) in [5.74, 6) is 0.580. The summed E-state index contributed by atoms with van der Waals surface area (Å²) in [7, 11) is 0. The second-order valence-electron chi connectivity index (χ2n) is 8.20. The summed E-state index contributed by atoms with van der Waals surface area (Å²) in [5, 5.41) is 7.44. The van der Waals surface area contributed by atoms with Gasteiger partial charge in [0.25, 0.3) is 0 Å².